The quantitative estimate of drug-likeness (QED) is 0.609. The molecule has 20 heavy (non-hydrogen) atoms. The van der Waals surface area contributed by atoms with Crippen molar-refractivity contribution in [3.63, 3.8) is 0 Å². The van der Waals surface area contributed by atoms with E-state index in [1.807, 2.05) is 6.07 Å². The molecule has 1 aromatic rings. The smallest absolute Gasteiger partial charge is 0.0555 e. The van der Waals surface area contributed by atoms with E-state index in [0.29, 0.717) is 12.6 Å². The van der Waals surface area contributed by atoms with Crippen molar-refractivity contribution in [1.82, 2.24) is 4.90 Å². The van der Waals surface area contributed by atoms with Crippen LogP contribution in [0.2, 0.25) is 0 Å². The van der Waals surface area contributed by atoms with E-state index in [9.17, 15) is 0 Å². The summed E-state index contributed by atoms with van der Waals surface area (Å²) in [5, 5.41) is 0. The van der Waals surface area contributed by atoms with Crippen LogP contribution in [-0.4, -0.2) is 24.0 Å². The number of nitrogens with two attached hydrogens (primary N) is 1. The van der Waals surface area contributed by atoms with E-state index in [2.05, 4.69) is 55.7 Å². The molecular weight excluding hydrogens is 244 g/mol. The summed E-state index contributed by atoms with van der Waals surface area (Å²) >= 11 is 0. The Morgan fingerprint density at radius 2 is 2.05 bits per heavy atom. The molecule has 0 amide bonds. The predicted molar refractivity (Wildman–Crippen MR) is 87.4 cm³/mol. The van der Waals surface area contributed by atoms with Gasteiger partial charge in [0.25, 0.3) is 0 Å². The molecule has 0 aliphatic heterocycles. The zero-order chi connectivity index (χ0) is 14.8. The van der Waals surface area contributed by atoms with Gasteiger partial charge in [0.05, 0.1) is 6.54 Å². The summed E-state index contributed by atoms with van der Waals surface area (Å²) in [5.74, 6) is 6.02. The molecule has 0 aliphatic rings. The van der Waals surface area contributed by atoms with E-state index in [0.717, 1.165) is 12.1 Å². The van der Waals surface area contributed by atoms with Crippen LogP contribution in [0.15, 0.2) is 24.3 Å². The molecule has 2 N–H and O–H groups in total. The lowest BCUT2D eigenvalue weighted by Gasteiger charge is -2.26. The third kappa shape index (κ3) is 6.23. The van der Waals surface area contributed by atoms with Gasteiger partial charge in [-0.2, -0.15) is 0 Å². The first-order chi connectivity index (χ1) is 9.67. The predicted octanol–water partition coefficient (Wildman–Crippen LogP) is 3.40. The van der Waals surface area contributed by atoms with Crippen LogP contribution in [0.25, 0.3) is 0 Å². The second-order valence-corrected chi connectivity index (χ2v) is 5.48. The van der Waals surface area contributed by atoms with Crippen molar-refractivity contribution < 1.29 is 0 Å². The van der Waals surface area contributed by atoms with Gasteiger partial charge in [0.15, 0.2) is 0 Å². The third-order valence-electron chi connectivity index (χ3n) is 3.43. The molecule has 0 bridgehead atoms. The number of hydrogen-bond donors (Lipinski definition) is 1. The van der Waals surface area contributed by atoms with E-state index < -0.39 is 0 Å². The molecular formula is C18H28N2. The zero-order valence-corrected chi connectivity index (χ0v) is 13.2. The normalized spacial score (nSPS) is 10.7. The molecule has 0 radical (unpaired) electrons. The van der Waals surface area contributed by atoms with Crippen molar-refractivity contribution in [3.8, 4) is 11.8 Å². The maximum Gasteiger partial charge on any atom is 0.0555 e. The second kappa shape index (κ2) is 9.58. The van der Waals surface area contributed by atoms with Gasteiger partial charge in [-0.3, -0.25) is 4.90 Å². The van der Waals surface area contributed by atoms with Crippen molar-refractivity contribution in [1.29, 1.82) is 0 Å². The molecule has 110 valence electrons. The van der Waals surface area contributed by atoms with Crippen LogP contribution in [-0.2, 0) is 6.54 Å². The lowest BCUT2D eigenvalue weighted by atomic mass is 10.1. The molecule has 0 aromatic heterocycles. The number of nitrogens with zero attached hydrogens (tertiary/aromatic N) is 1. The molecule has 2 heteroatoms. The van der Waals surface area contributed by atoms with E-state index in [1.54, 1.807) is 0 Å². The molecule has 2 nitrogen and oxygen atoms in total. The summed E-state index contributed by atoms with van der Waals surface area (Å²) in [7, 11) is 0. The van der Waals surface area contributed by atoms with E-state index in [1.165, 1.54) is 31.4 Å². The van der Waals surface area contributed by atoms with Gasteiger partial charge >= 0.3 is 0 Å². The molecule has 0 heterocycles. The van der Waals surface area contributed by atoms with Crippen molar-refractivity contribution in [2.24, 2.45) is 5.73 Å². The van der Waals surface area contributed by atoms with Crippen molar-refractivity contribution in [3.05, 3.63) is 35.4 Å². The molecule has 0 saturated carbocycles. The van der Waals surface area contributed by atoms with Crippen LogP contribution >= 0.6 is 0 Å². The first kappa shape index (κ1) is 16.8. The molecule has 1 rings (SSSR count). The van der Waals surface area contributed by atoms with Crippen LogP contribution in [0.4, 0.5) is 0 Å². The highest BCUT2D eigenvalue weighted by atomic mass is 15.1. The Morgan fingerprint density at radius 1 is 1.25 bits per heavy atom. The van der Waals surface area contributed by atoms with Crippen molar-refractivity contribution >= 4 is 0 Å². The average molecular weight is 272 g/mol. The highest BCUT2D eigenvalue weighted by molar-refractivity contribution is 5.37. The maximum atomic E-state index is 5.42. The van der Waals surface area contributed by atoms with Crippen molar-refractivity contribution in [2.75, 3.05) is 13.1 Å². The number of hydrogen-bond acceptors (Lipinski definition) is 2. The molecule has 0 atom stereocenters. The van der Waals surface area contributed by atoms with Gasteiger partial charge in [0.2, 0.25) is 0 Å². The van der Waals surface area contributed by atoms with Gasteiger partial charge in [-0.1, -0.05) is 43.7 Å². The minimum Gasteiger partial charge on any atom is -0.320 e. The van der Waals surface area contributed by atoms with Crippen LogP contribution in [0.5, 0.6) is 0 Å². The maximum absolute atomic E-state index is 5.42. The van der Waals surface area contributed by atoms with Crippen molar-refractivity contribution in [2.45, 2.75) is 52.6 Å². The number of benzene rings is 1. The van der Waals surface area contributed by atoms with E-state index in [-0.39, 0.29) is 0 Å². The van der Waals surface area contributed by atoms with Crippen LogP contribution < -0.4 is 5.73 Å². The van der Waals surface area contributed by atoms with Gasteiger partial charge in [-0.15, -0.1) is 0 Å². The number of rotatable bonds is 7. The number of unbranched alkanes of at least 4 members (excludes halogenated alkanes) is 2. The van der Waals surface area contributed by atoms with Gasteiger partial charge in [0, 0.05) is 18.2 Å². The summed E-state index contributed by atoms with van der Waals surface area (Å²) in [4.78, 5) is 2.53. The summed E-state index contributed by atoms with van der Waals surface area (Å²) in [6.45, 7) is 9.37. The minimum atomic E-state index is 0.416. The second-order valence-electron chi connectivity index (χ2n) is 5.48. The highest BCUT2D eigenvalue weighted by Gasteiger charge is 2.09. The topological polar surface area (TPSA) is 29.3 Å². The average Bonchev–Trinajstić information content (AvgIpc) is 2.44. The fraction of sp³-hybridized carbons (Fsp3) is 0.556. The van der Waals surface area contributed by atoms with E-state index in [4.69, 9.17) is 5.73 Å². The van der Waals surface area contributed by atoms with Crippen LogP contribution in [0, 0.1) is 11.8 Å². The largest absolute Gasteiger partial charge is 0.320 e. The molecule has 1 aromatic carbocycles. The Morgan fingerprint density at radius 3 is 2.70 bits per heavy atom. The van der Waals surface area contributed by atoms with Crippen LogP contribution in [0.3, 0.4) is 0 Å². The highest BCUT2D eigenvalue weighted by Crippen LogP contribution is 2.12. The summed E-state index contributed by atoms with van der Waals surface area (Å²) in [6.07, 6.45) is 3.86. The van der Waals surface area contributed by atoms with Gasteiger partial charge in [-0.05, 0) is 44.5 Å². The van der Waals surface area contributed by atoms with E-state index >= 15 is 0 Å². The Balaban J connectivity index is 2.67. The zero-order valence-electron chi connectivity index (χ0n) is 13.2. The Labute approximate surface area is 124 Å². The van der Waals surface area contributed by atoms with Gasteiger partial charge in [-0.25, -0.2) is 0 Å². The monoisotopic (exact) mass is 272 g/mol. The lowest BCUT2D eigenvalue weighted by molar-refractivity contribution is 0.208. The third-order valence-corrected chi connectivity index (χ3v) is 3.43. The fourth-order valence-corrected chi connectivity index (χ4v) is 2.22. The SMILES string of the molecule is CCCCCN(Cc1cccc(C#CCN)c1)C(C)C. The first-order valence-electron chi connectivity index (χ1n) is 7.69. The molecule has 0 unspecified atom stereocenters. The van der Waals surface area contributed by atoms with Gasteiger partial charge in [0.1, 0.15) is 0 Å². The summed E-state index contributed by atoms with van der Waals surface area (Å²) in [6, 6.07) is 9.06. The minimum absolute atomic E-state index is 0.416. The fourth-order valence-electron chi connectivity index (χ4n) is 2.22. The molecule has 0 fully saturated rings. The van der Waals surface area contributed by atoms with Gasteiger partial charge < -0.3 is 5.73 Å². The van der Waals surface area contributed by atoms with Crippen LogP contribution in [0.1, 0.15) is 51.2 Å². The Kier molecular flexibility index (Phi) is 8.02. The first-order valence-corrected chi connectivity index (χ1v) is 7.69. The Bertz CT molecular complexity index is 440. The molecule has 0 saturated heterocycles. The molecule has 0 aliphatic carbocycles. The molecule has 0 spiro atoms. The summed E-state index contributed by atoms with van der Waals surface area (Å²) < 4.78 is 0. The lowest BCUT2D eigenvalue weighted by Crippen LogP contribution is -2.31. The Hall–Kier alpha value is -1.30. The standard InChI is InChI=1S/C18H28N2/c1-4-5-6-13-20(16(2)3)15-18-10-7-9-17(14-18)11-8-12-19/h7,9-10,14,16H,4-6,12-13,15,19H2,1-3H3. The summed E-state index contributed by atoms with van der Waals surface area (Å²) in [5.41, 5.74) is 7.81.